The molecule has 0 bridgehead atoms. The van der Waals surface area contributed by atoms with Gasteiger partial charge in [-0.15, -0.1) is 0 Å². The van der Waals surface area contributed by atoms with Crippen molar-refractivity contribution < 1.29 is 9.47 Å². The average Bonchev–Trinajstić information content (AvgIpc) is 2.41. The minimum absolute atomic E-state index is 0.104. The Kier molecular flexibility index (Phi) is 2.90. The molecule has 0 unspecified atom stereocenters. The Bertz CT molecular complexity index is 674. The summed E-state index contributed by atoms with van der Waals surface area (Å²) in [5.74, 6) is 1.16. The van der Waals surface area contributed by atoms with E-state index in [1.807, 2.05) is 0 Å². The largest absolute Gasteiger partial charge is 0.493 e. The van der Waals surface area contributed by atoms with Gasteiger partial charge in [-0.2, -0.15) is 0 Å². The fourth-order valence-corrected chi connectivity index (χ4v) is 2.04. The minimum atomic E-state index is -0.104. The highest BCUT2D eigenvalue weighted by atomic mass is 16.5. The fourth-order valence-electron chi connectivity index (χ4n) is 2.04. The molecule has 18 heavy (non-hydrogen) atoms. The molecule has 0 saturated heterocycles. The molecule has 0 aliphatic rings. The van der Waals surface area contributed by atoms with Crippen molar-refractivity contribution >= 4 is 16.6 Å². The third-order valence-corrected chi connectivity index (χ3v) is 3.18. The molecule has 0 aliphatic heterocycles. The molecule has 1 aromatic carbocycles. The first kappa shape index (κ1) is 12.3. The van der Waals surface area contributed by atoms with E-state index in [1.54, 1.807) is 44.9 Å². The first-order valence-corrected chi connectivity index (χ1v) is 5.52. The maximum absolute atomic E-state index is 12.0. The minimum Gasteiger partial charge on any atom is -0.493 e. The zero-order valence-electron chi connectivity index (χ0n) is 10.9. The molecule has 0 spiro atoms. The molecular formula is C13H16N2O3. The Morgan fingerprint density at radius 1 is 1.17 bits per heavy atom. The summed E-state index contributed by atoms with van der Waals surface area (Å²) in [4.78, 5) is 12.0. The highest BCUT2D eigenvalue weighted by Crippen LogP contribution is 2.34. The van der Waals surface area contributed by atoms with Gasteiger partial charge >= 0.3 is 0 Å². The lowest BCUT2D eigenvalue weighted by Gasteiger charge is -2.14. The zero-order valence-corrected chi connectivity index (χ0v) is 10.9. The molecule has 0 aliphatic carbocycles. The van der Waals surface area contributed by atoms with Gasteiger partial charge in [0.15, 0.2) is 11.5 Å². The van der Waals surface area contributed by atoms with Crippen molar-refractivity contribution in [2.45, 2.75) is 6.92 Å². The van der Waals surface area contributed by atoms with Gasteiger partial charge in [-0.25, -0.2) is 0 Å². The number of anilines is 1. The predicted octanol–water partition coefficient (Wildman–Crippen LogP) is 1.45. The second kappa shape index (κ2) is 4.25. The number of methoxy groups -OCH3 is 2. The first-order valence-electron chi connectivity index (χ1n) is 5.52. The van der Waals surface area contributed by atoms with E-state index in [2.05, 4.69) is 0 Å². The molecule has 5 heteroatoms. The van der Waals surface area contributed by atoms with Gasteiger partial charge in [-0.3, -0.25) is 4.79 Å². The van der Waals surface area contributed by atoms with Gasteiger partial charge in [0.1, 0.15) is 0 Å². The Hall–Kier alpha value is -2.17. The number of pyridine rings is 1. The summed E-state index contributed by atoms with van der Waals surface area (Å²) in [7, 11) is 4.83. The average molecular weight is 248 g/mol. The molecular weight excluding hydrogens is 232 g/mol. The summed E-state index contributed by atoms with van der Waals surface area (Å²) >= 11 is 0. The van der Waals surface area contributed by atoms with Crippen molar-refractivity contribution in [1.82, 2.24) is 4.57 Å². The second-order valence-corrected chi connectivity index (χ2v) is 4.13. The number of nitrogen functional groups attached to an aromatic ring is 1. The van der Waals surface area contributed by atoms with Crippen LogP contribution in [0.1, 0.15) is 5.56 Å². The number of aromatic nitrogens is 1. The molecule has 2 N–H and O–H groups in total. The smallest absolute Gasteiger partial charge is 0.255 e. The van der Waals surface area contributed by atoms with E-state index in [0.29, 0.717) is 22.7 Å². The summed E-state index contributed by atoms with van der Waals surface area (Å²) in [6.07, 6.45) is 0. The zero-order chi connectivity index (χ0) is 13.4. The van der Waals surface area contributed by atoms with E-state index >= 15 is 0 Å². The van der Waals surface area contributed by atoms with Crippen molar-refractivity contribution in [3.05, 3.63) is 28.0 Å². The summed E-state index contributed by atoms with van der Waals surface area (Å²) in [6, 6.07) is 3.54. The van der Waals surface area contributed by atoms with Crippen LogP contribution < -0.4 is 20.8 Å². The van der Waals surface area contributed by atoms with Crippen LogP contribution in [0, 0.1) is 6.92 Å². The Morgan fingerprint density at radius 2 is 1.72 bits per heavy atom. The quantitative estimate of drug-likeness (QED) is 0.873. The lowest BCUT2D eigenvalue weighted by molar-refractivity contribution is 0.355. The summed E-state index contributed by atoms with van der Waals surface area (Å²) in [6.45, 7) is 1.72. The van der Waals surface area contributed by atoms with Crippen LogP contribution >= 0.6 is 0 Å². The van der Waals surface area contributed by atoms with Crippen molar-refractivity contribution in [1.29, 1.82) is 0 Å². The number of nitrogens with zero attached hydrogens (tertiary/aromatic N) is 1. The number of hydrogen-bond donors (Lipinski definition) is 1. The standard InChI is InChI=1S/C13H16N2O3/c1-7-12(14)8-5-10(17-3)11(18-4)6-9(8)15(2)13(7)16/h5-6H,14H2,1-4H3. The number of fused-ring (bicyclic) bond motifs is 1. The van der Waals surface area contributed by atoms with E-state index in [-0.39, 0.29) is 5.56 Å². The molecule has 1 heterocycles. The Morgan fingerprint density at radius 3 is 2.28 bits per heavy atom. The van der Waals surface area contributed by atoms with Crippen LogP contribution in [0.5, 0.6) is 11.5 Å². The molecule has 0 atom stereocenters. The number of aryl methyl sites for hydroxylation is 1. The molecule has 1 aromatic heterocycles. The van der Waals surface area contributed by atoms with E-state index in [4.69, 9.17) is 15.2 Å². The lowest BCUT2D eigenvalue weighted by Crippen LogP contribution is -2.21. The normalized spacial score (nSPS) is 10.7. The monoisotopic (exact) mass is 248 g/mol. The predicted molar refractivity (Wildman–Crippen MR) is 71.4 cm³/mol. The van der Waals surface area contributed by atoms with Crippen LogP contribution in [-0.2, 0) is 7.05 Å². The number of nitrogens with two attached hydrogens (primary N) is 1. The molecule has 96 valence electrons. The molecule has 0 fully saturated rings. The van der Waals surface area contributed by atoms with Crippen molar-refractivity contribution in [3.8, 4) is 11.5 Å². The molecule has 0 radical (unpaired) electrons. The highest BCUT2D eigenvalue weighted by molar-refractivity contribution is 5.94. The van der Waals surface area contributed by atoms with E-state index < -0.39 is 0 Å². The van der Waals surface area contributed by atoms with Gasteiger partial charge in [0.2, 0.25) is 0 Å². The fraction of sp³-hybridized carbons (Fsp3) is 0.308. The third-order valence-electron chi connectivity index (χ3n) is 3.18. The van der Waals surface area contributed by atoms with Crippen LogP contribution in [0.4, 0.5) is 5.69 Å². The van der Waals surface area contributed by atoms with Gasteiger partial charge in [0.25, 0.3) is 5.56 Å². The van der Waals surface area contributed by atoms with Crippen molar-refractivity contribution in [2.24, 2.45) is 7.05 Å². The van der Waals surface area contributed by atoms with Gasteiger partial charge in [-0.1, -0.05) is 0 Å². The van der Waals surface area contributed by atoms with Crippen LogP contribution in [-0.4, -0.2) is 18.8 Å². The SMILES string of the molecule is COc1cc2c(N)c(C)c(=O)n(C)c2cc1OC. The van der Waals surface area contributed by atoms with E-state index in [1.165, 1.54) is 0 Å². The number of benzene rings is 1. The molecule has 2 aromatic rings. The second-order valence-electron chi connectivity index (χ2n) is 4.13. The van der Waals surface area contributed by atoms with Crippen LogP contribution in [0.2, 0.25) is 0 Å². The lowest BCUT2D eigenvalue weighted by atomic mass is 10.1. The maximum Gasteiger partial charge on any atom is 0.255 e. The van der Waals surface area contributed by atoms with Gasteiger partial charge in [0, 0.05) is 29.8 Å². The van der Waals surface area contributed by atoms with Crippen LogP contribution in [0.25, 0.3) is 10.9 Å². The summed E-state index contributed by atoms with van der Waals surface area (Å²) < 4.78 is 12.0. The van der Waals surface area contributed by atoms with Crippen LogP contribution in [0.15, 0.2) is 16.9 Å². The highest BCUT2D eigenvalue weighted by Gasteiger charge is 2.13. The Balaban J connectivity index is 2.98. The summed E-state index contributed by atoms with van der Waals surface area (Å²) in [5, 5.41) is 0.784. The third kappa shape index (κ3) is 1.59. The van der Waals surface area contributed by atoms with Gasteiger partial charge in [0.05, 0.1) is 19.7 Å². The number of rotatable bonds is 2. The van der Waals surface area contributed by atoms with E-state index in [9.17, 15) is 4.79 Å². The Labute approximate surface area is 105 Å². The van der Waals surface area contributed by atoms with E-state index in [0.717, 1.165) is 10.9 Å². The summed E-state index contributed by atoms with van der Waals surface area (Å²) in [5.41, 5.74) is 7.63. The van der Waals surface area contributed by atoms with Crippen molar-refractivity contribution in [3.63, 3.8) is 0 Å². The first-order chi connectivity index (χ1) is 8.51. The molecule has 5 nitrogen and oxygen atoms in total. The number of hydrogen-bond acceptors (Lipinski definition) is 4. The molecule has 0 saturated carbocycles. The van der Waals surface area contributed by atoms with Gasteiger partial charge < -0.3 is 19.8 Å². The molecule has 0 amide bonds. The number of ether oxygens (including phenoxy) is 2. The van der Waals surface area contributed by atoms with Gasteiger partial charge in [-0.05, 0) is 13.0 Å². The maximum atomic E-state index is 12.0. The van der Waals surface area contributed by atoms with Crippen LogP contribution in [0.3, 0.4) is 0 Å². The molecule has 2 rings (SSSR count). The van der Waals surface area contributed by atoms with Crippen molar-refractivity contribution in [2.75, 3.05) is 20.0 Å². The topological polar surface area (TPSA) is 66.5 Å².